The summed E-state index contributed by atoms with van der Waals surface area (Å²) < 4.78 is 57.4. The molecule has 0 amide bonds. The molecule has 0 atom stereocenters. The molecule has 0 saturated heterocycles. The van der Waals surface area contributed by atoms with Crippen molar-refractivity contribution in [1.82, 2.24) is 0 Å². The highest BCUT2D eigenvalue weighted by Crippen LogP contribution is 2.37. The van der Waals surface area contributed by atoms with E-state index in [-0.39, 0.29) is 37.5 Å². The molecule has 0 spiro atoms. The Labute approximate surface area is 111 Å². The zero-order valence-electron chi connectivity index (χ0n) is 11.1. The van der Waals surface area contributed by atoms with Crippen molar-refractivity contribution in [2.75, 3.05) is 13.2 Å². The normalized spacial score (nSPS) is 28.4. The third kappa shape index (κ3) is 4.93. The molecule has 0 radical (unpaired) electrons. The summed E-state index contributed by atoms with van der Waals surface area (Å²) >= 11 is 0. The van der Waals surface area contributed by atoms with Crippen LogP contribution in [0.3, 0.4) is 0 Å². The molecule has 0 bridgehead atoms. The molecule has 0 aromatic heterocycles. The van der Waals surface area contributed by atoms with Gasteiger partial charge in [-0.2, -0.15) is 0 Å². The maximum atomic E-state index is 13.0. The second kappa shape index (κ2) is 5.98. The van der Waals surface area contributed by atoms with Gasteiger partial charge in [0.1, 0.15) is 0 Å². The Morgan fingerprint density at radius 3 is 1.32 bits per heavy atom. The predicted octanol–water partition coefficient (Wildman–Crippen LogP) is 4.65. The Bertz CT molecular complexity index is 245. The Morgan fingerprint density at radius 1 is 0.684 bits per heavy atom. The van der Waals surface area contributed by atoms with Crippen LogP contribution in [0.25, 0.3) is 0 Å². The van der Waals surface area contributed by atoms with Gasteiger partial charge in [-0.05, 0) is 37.5 Å². The topological polar surface area (TPSA) is 9.23 Å². The van der Waals surface area contributed by atoms with Crippen LogP contribution in [0.1, 0.15) is 51.4 Å². The Morgan fingerprint density at radius 2 is 1.00 bits per heavy atom. The van der Waals surface area contributed by atoms with Crippen molar-refractivity contribution in [2.24, 2.45) is 11.8 Å². The van der Waals surface area contributed by atoms with Crippen LogP contribution < -0.4 is 0 Å². The highest BCUT2D eigenvalue weighted by Gasteiger charge is 2.36. The van der Waals surface area contributed by atoms with Crippen molar-refractivity contribution in [1.29, 1.82) is 0 Å². The van der Waals surface area contributed by atoms with Gasteiger partial charge in [0.15, 0.2) is 0 Å². The molecule has 0 N–H and O–H groups in total. The van der Waals surface area contributed by atoms with E-state index in [0.29, 0.717) is 38.9 Å². The molecule has 1 nitrogen and oxygen atoms in total. The lowest BCUT2D eigenvalue weighted by molar-refractivity contribution is -0.0683. The zero-order valence-corrected chi connectivity index (χ0v) is 11.1. The molecule has 0 unspecified atom stereocenters. The zero-order chi connectivity index (χ0) is 13.9. The van der Waals surface area contributed by atoms with Crippen LogP contribution in [-0.4, -0.2) is 25.1 Å². The molecular formula is C14H22F4O. The number of halogens is 4. The van der Waals surface area contributed by atoms with E-state index in [4.69, 9.17) is 4.74 Å². The van der Waals surface area contributed by atoms with Crippen LogP contribution in [0.2, 0.25) is 0 Å². The van der Waals surface area contributed by atoms with E-state index in [1.54, 1.807) is 0 Å². The third-order valence-corrected chi connectivity index (χ3v) is 4.38. The molecule has 2 fully saturated rings. The van der Waals surface area contributed by atoms with Gasteiger partial charge in [0.2, 0.25) is 11.8 Å². The van der Waals surface area contributed by atoms with E-state index in [1.807, 2.05) is 0 Å². The fourth-order valence-electron chi connectivity index (χ4n) is 2.93. The van der Waals surface area contributed by atoms with E-state index in [0.717, 1.165) is 0 Å². The van der Waals surface area contributed by atoms with Crippen LogP contribution in [0, 0.1) is 11.8 Å². The second-order valence-electron chi connectivity index (χ2n) is 6.14. The van der Waals surface area contributed by atoms with Gasteiger partial charge >= 0.3 is 0 Å². The van der Waals surface area contributed by atoms with Crippen molar-refractivity contribution in [3.63, 3.8) is 0 Å². The average molecular weight is 282 g/mol. The number of alkyl halides is 4. The molecular weight excluding hydrogens is 260 g/mol. The van der Waals surface area contributed by atoms with Crippen LogP contribution in [0.15, 0.2) is 0 Å². The SMILES string of the molecule is FC1(F)CCC(COCC2CCC(F)(F)CC2)CC1. The molecule has 2 aliphatic carbocycles. The summed E-state index contributed by atoms with van der Waals surface area (Å²) in [6, 6.07) is 0. The number of hydrogen-bond donors (Lipinski definition) is 0. The van der Waals surface area contributed by atoms with Crippen molar-refractivity contribution in [2.45, 2.75) is 63.2 Å². The first kappa shape index (κ1) is 15.1. The predicted molar refractivity (Wildman–Crippen MR) is 64.6 cm³/mol. The quantitative estimate of drug-likeness (QED) is 0.682. The average Bonchev–Trinajstić information content (AvgIpc) is 2.33. The van der Waals surface area contributed by atoms with Gasteiger partial charge in [0.05, 0.1) is 0 Å². The second-order valence-corrected chi connectivity index (χ2v) is 6.14. The Kier molecular flexibility index (Phi) is 4.75. The molecule has 112 valence electrons. The summed E-state index contributed by atoms with van der Waals surface area (Å²) in [4.78, 5) is 0. The molecule has 0 heterocycles. The number of hydrogen-bond acceptors (Lipinski definition) is 1. The van der Waals surface area contributed by atoms with E-state index in [1.165, 1.54) is 0 Å². The molecule has 2 saturated carbocycles. The van der Waals surface area contributed by atoms with E-state index >= 15 is 0 Å². The van der Waals surface area contributed by atoms with Crippen LogP contribution >= 0.6 is 0 Å². The van der Waals surface area contributed by atoms with Gasteiger partial charge in [0.25, 0.3) is 0 Å². The first-order valence-electron chi connectivity index (χ1n) is 7.20. The molecule has 0 aromatic carbocycles. The van der Waals surface area contributed by atoms with Gasteiger partial charge in [-0.3, -0.25) is 0 Å². The first-order chi connectivity index (χ1) is 8.86. The molecule has 0 aromatic rings. The lowest BCUT2D eigenvalue weighted by Crippen LogP contribution is -2.29. The monoisotopic (exact) mass is 282 g/mol. The van der Waals surface area contributed by atoms with Crippen molar-refractivity contribution in [3.8, 4) is 0 Å². The molecule has 5 heteroatoms. The molecule has 2 aliphatic rings. The minimum absolute atomic E-state index is 0.0450. The van der Waals surface area contributed by atoms with Crippen LogP contribution in [0.4, 0.5) is 17.6 Å². The smallest absolute Gasteiger partial charge is 0.248 e. The lowest BCUT2D eigenvalue weighted by Gasteiger charge is -2.30. The Hall–Kier alpha value is -0.320. The lowest BCUT2D eigenvalue weighted by atomic mass is 9.86. The third-order valence-electron chi connectivity index (χ3n) is 4.38. The maximum Gasteiger partial charge on any atom is 0.248 e. The largest absolute Gasteiger partial charge is 0.381 e. The fraction of sp³-hybridized carbons (Fsp3) is 1.00. The molecule has 0 aliphatic heterocycles. The van der Waals surface area contributed by atoms with Gasteiger partial charge in [0, 0.05) is 38.9 Å². The minimum atomic E-state index is -2.49. The highest BCUT2D eigenvalue weighted by molar-refractivity contribution is 4.79. The van der Waals surface area contributed by atoms with Crippen molar-refractivity contribution >= 4 is 0 Å². The summed E-state index contributed by atoms with van der Waals surface area (Å²) in [5, 5.41) is 0. The number of ether oxygens (including phenoxy) is 1. The summed E-state index contributed by atoms with van der Waals surface area (Å²) in [7, 11) is 0. The minimum Gasteiger partial charge on any atom is -0.381 e. The van der Waals surface area contributed by atoms with Crippen molar-refractivity contribution < 1.29 is 22.3 Å². The van der Waals surface area contributed by atoms with Gasteiger partial charge < -0.3 is 4.74 Å². The Balaban J connectivity index is 1.58. The first-order valence-corrected chi connectivity index (χ1v) is 7.20. The fourth-order valence-corrected chi connectivity index (χ4v) is 2.93. The molecule has 2 rings (SSSR count). The maximum absolute atomic E-state index is 13.0. The van der Waals surface area contributed by atoms with E-state index in [2.05, 4.69) is 0 Å². The number of rotatable bonds is 4. The van der Waals surface area contributed by atoms with Gasteiger partial charge in [-0.15, -0.1) is 0 Å². The summed E-state index contributed by atoms with van der Waals surface area (Å²) in [6.45, 7) is 1.01. The standard InChI is InChI=1S/C14H22F4O/c15-13(16)5-1-11(2-6-13)9-19-10-12-3-7-14(17,18)8-4-12/h11-12H,1-10H2. The highest BCUT2D eigenvalue weighted by atomic mass is 19.3. The van der Waals surface area contributed by atoms with E-state index in [9.17, 15) is 17.6 Å². The molecule has 19 heavy (non-hydrogen) atoms. The summed E-state index contributed by atoms with van der Waals surface area (Å²) in [5.41, 5.74) is 0. The van der Waals surface area contributed by atoms with Crippen LogP contribution in [-0.2, 0) is 4.74 Å². The van der Waals surface area contributed by atoms with Crippen LogP contribution in [0.5, 0.6) is 0 Å². The van der Waals surface area contributed by atoms with Gasteiger partial charge in [-0.1, -0.05) is 0 Å². The van der Waals surface area contributed by atoms with Gasteiger partial charge in [-0.25, -0.2) is 17.6 Å². The van der Waals surface area contributed by atoms with E-state index < -0.39 is 11.8 Å². The van der Waals surface area contributed by atoms with Crippen molar-refractivity contribution in [3.05, 3.63) is 0 Å². The summed E-state index contributed by atoms with van der Waals surface area (Å²) in [6.07, 6.45) is 1.86. The summed E-state index contributed by atoms with van der Waals surface area (Å²) in [5.74, 6) is -4.56.